The second-order valence-electron chi connectivity index (χ2n) is 2.77. The van der Waals surface area contributed by atoms with Crippen LogP contribution in [-0.4, -0.2) is 13.1 Å². The Bertz CT molecular complexity index is 438. The summed E-state index contributed by atoms with van der Waals surface area (Å²) < 4.78 is 5.06. The molecule has 1 rings (SSSR count). The van der Waals surface area contributed by atoms with Gasteiger partial charge in [0.2, 0.25) is 0 Å². The van der Waals surface area contributed by atoms with Gasteiger partial charge in [0.25, 0.3) is 0 Å². The highest BCUT2D eigenvalue weighted by molar-refractivity contribution is 9.10. The zero-order chi connectivity index (χ0) is 11.4. The van der Waals surface area contributed by atoms with Crippen LogP contribution < -0.4 is 5.73 Å². The van der Waals surface area contributed by atoms with Gasteiger partial charge in [0.1, 0.15) is 6.07 Å². The van der Waals surface area contributed by atoms with E-state index < -0.39 is 5.97 Å². The average Bonchev–Trinajstić information content (AvgIpc) is 2.27. The number of nitriles is 1. The van der Waals surface area contributed by atoms with Crippen LogP contribution in [0.15, 0.2) is 16.6 Å². The maximum Gasteiger partial charge on any atom is 0.339 e. The number of halogens is 1. The van der Waals surface area contributed by atoms with Gasteiger partial charge in [-0.2, -0.15) is 5.26 Å². The normalized spacial score (nSPS) is 9.47. The Morgan fingerprint density at radius 3 is 2.80 bits per heavy atom. The van der Waals surface area contributed by atoms with Crippen molar-refractivity contribution in [3.63, 3.8) is 0 Å². The molecule has 0 saturated carbocycles. The van der Waals surface area contributed by atoms with E-state index >= 15 is 0 Å². The molecular formula is C10H9BrN2O2. The van der Waals surface area contributed by atoms with Crippen LogP contribution >= 0.6 is 15.9 Å². The molecule has 0 fully saturated rings. The summed E-state index contributed by atoms with van der Waals surface area (Å²) in [4.78, 5) is 11.5. The van der Waals surface area contributed by atoms with Gasteiger partial charge in [0, 0.05) is 6.54 Å². The minimum Gasteiger partial charge on any atom is -0.465 e. The molecule has 0 radical (unpaired) electrons. The Balaban J connectivity index is 3.44. The zero-order valence-electron chi connectivity index (χ0n) is 8.08. The fourth-order valence-electron chi connectivity index (χ4n) is 1.20. The molecule has 15 heavy (non-hydrogen) atoms. The number of benzene rings is 1. The smallest absolute Gasteiger partial charge is 0.339 e. The summed E-state index contributed by atoms with van der Waals surface area (Å²) in [5, 5.41) is 8.80. The molecule has 0 amide bonds. The number of methoxy groups -OCH3 is 1. The largest absolute Gasteiger partial charge is 0.465 e. The van der Waals surface area contributed by atoms with Crippen molar-refractivity contribution in [2.24, 2.45) is 5.73 Å². The molecule has 0 aromatic heterocycles. The highest BCUT2D eigenvalue weighted by Crippen LogP contribution is 2.25. The summed E-state index contributed by atoms with van der Waals surface area (Å²) in [7, 11) is 1.29. The summed E-state index contributed by atoms with van der Waals surface area (Å²) in [6.45, 7) is 0.217. The summed E-state index contributed by atoms with van der Waals surface area (Å²) in [5.74, 6) is -0.501. The summed E-state index contributed by atoms with van der Waals surface area (Å²) in [6.07, 6.45) is 0. The number of rotatable bonds is 2. The SMILES string of the molecule is COC(=O)c1c(CN)ccc(C#N)c1Br. The standard InChI is InChI=1S/C10H9BrN2O2/c1-15-10(14)8-6(4-12)2-3-7(5-13)9(8)11/h2-3H,4,12H2,1H3. The van der Waals surface area contributed by atoms with E-state index in [0.717, 1.165) is 0 Å². The number of hydrogen-bond donors (Lipinski definition) is 1. The lowest BCUT2D eigenvalue weighted by molar-refractivity contribution is 0.0598. The van der Waals surface area contributed by atoms with Gasteiger partial charge in [0.15, 0.2) is 0 Å². The van der Waals surface area contributed by atoms with E-state index in [0.29, 0.717) is 21.2 Å². The first-order chi connectivity index (χ1) is 7.15. The van der Waals surface area contributed by atoms with Crippen molar-refractivity contribution < 1.29 is 9.53 Å². The van der Waals surface area contributed by atoms with Crippen molar-refractivity contribution in [3.05, 3.63) is 33.3 Å². The molecule has 4 nitrogen and oxygen atoms in total. The molecule has 0 aliphatic rings. The topological polar surface area (TPSA) is 76.1 Å². The molecule has 0 unspecified atom stereocenters. The van der Waals surface area contributed by atoms with E-state index in [1.165, 1.54) is 7.11 Å². The van der Waals surface area contributed by atoms with Crippen molar-refractivity contribution >= 4 is 21.9 Å². The van der Waals surface area contributed by atoms with Crippen LogP contribution in [0.25, 0.3) is 0 Å². The first kappa shape index (κ1) is 11.7. The third-order valence-electron chi connectivity index (χ3n) is 1.96. The van der Waals surface area contributed by atoms with Crippen LogP contribution in [0.1, 0.15) is 21.5 Å². The number of nitrogens with two attached hydrogens (primary N) is 1. The predicted molar refractivity (Wildman–Crippen MR) is 58.1 cm³/mol. The van der Waals surface area contributed by atoms with Crippen LogP contribution in [0, 0.1) is 11.3 Å². The van der Waals surface area contributed by atoms with Gasteiger partial charge in [-0.15, -0.1) is 0 Å². The lowest BCUT2D eigenvalue weighted by Crippen LogP contribution is -2.10. The van der Waals surface area contributed by atoms with E-state index in [-0.39, 0.29) is 6.54 Å². The fraction of sp³-hybridized carbons (Fsp3) is 0.200. The highest BCUT2D eigenvalue weighted by Gasteiger charge is 2.17. The molecule has 0 aliphatic heterocycles. The lowest BCUT2D eigenvalue weighted by atomic mass is 10.0. The number of nitrogens with zero attached hydrogens (tertiary/aromatic N) is 1. The van der Waals surface area contributed by atoms with Gasteiger partial charge in [-0.3, -0.25) is 0 Å². The number of carbonyl (C=O) groups is 1. The first-order valence-corrected chi connectivity index (χ1v) is 4.94. The monoisotopic (exact) mass is 268 g/mol. The van der Waals surface area contributed by atoms with Crippen molar-refractivity contribution in [2.45, 2.75) is 6.54 Å². The van der Waals surface area contributed by atoms with E-state index in [9.17, 15) is 4.79 Å². The van der Waals surface area contributed by atoms with Gasteiger partial charge < -0.3 is 10.5 Å². The Morgan fingerprint density at radius 2 is 2.33 bits per heavy atom. The van der Waals surface area contributed by atoms with Crippen molar-refractivity contribution in [1.29, 1.82) is 5.26 Å². The average molecular weight is 269 g/mol. The van der Waals surface area contributed by atoms with Gasteiger partial charge in [-0.1, -0.05) is 6.07 Å². The maximum atomic E-state index is 11.5. The van der Waals surface area contributed by atoms with Crippen molar-refractivity contribution in [3.8, 4) is 6.07 Å². The molecule has 0 atom stereocenters. The Labute approximate surface area is 95.8 Å². The van der Waals surface area contributed by atoms with Crippen LogP contribution in [0.4, 0.5) is 0 Å². The summed E-state index contributed by atoms with van der Waals surface area (Å²) in [5.41, 5.74) is 6.84. The third-order valence-corrected chi connectivity index (χ3v) is 2.78. The number of esters is 1. The van der Waals surface area contributed by atoms with Gasteiger partial charge >= 0.3 is 5.97 Å². The van der Waals surface area contributed by atoms with Gasteiger partial charge in [-0.25, -0.2) is 4.79 Å². The van der Waals surface area contributed by atoms with Gasteiger partial charge in [-0.05, 0) is 27.6 Å². The molecule has 0 spiro atoms. The third kappa shape index (κ3) is 2.17. The molecule has 1 aromatic rings. The first-order valence-electron chi connectivity index (χ1n) is 4.15. The van der Waals surface area contributed by atoms with E-state index in [2.05, 4.69) is 20.7 Å². The van der Waals surface area contributed by atoms with E-state index in [1.54, 1.807) is 12.1 Å². The molecule has 0 aliphatic carbocycles. The Kier molecular flexibility index (Phi) is 3.83. The minimum absolute atomic E-state index is 0.217. The number of hydrogen-bond acceptors (Lipinski definition) is 4. The maximum absolute atomic E-state index is 11.5. The molecular weight excluding hydrogens is 260 g/mol. The molecule has 5 heteroatoms. The van der Waals surface area contributed by atoms with Crippen molar-refractivity contribution in [2.75, 3.05) is 7.11 Å². The van der Waals surface area contributed by atoms with E-state index in [4.69, 9.17) is 11.0 Å². The molecule has 1 aromatic carbocycles. The quantitative estimate of drug-likeness (QED) is 0.827. The second kappa shape index (κ2) is 4.91. The van der Waals surface area contributed by atoms with Crippen LogP contribution in [-0.2, 0) is 11.3 Å². The Hall–Kier alpha value is -1.38. The lowest BCUT2D eigenvalue weighted by Gasteiger charge is -2.08. The number of carbonyl (C=O) groups excluding carboxylic acids is 1. The Morgan fingerprint density at radius 1 is 1.67 bits per heavy atom. The van der Waals surface area contributed by atoms with Crippen LogP contribution in [0.2, 0.25) is 0 Å². The van der Waals surface area contributed by atoms with Crippen molar-refractivity contribution in [1.82, 2.24) is 0 Å². The molecule has 0 bridgehead atoms. The zero-order valence-corrected chi connectivity index (χ0v) is 9.67. The predicted octanol–water partition coefficient (Wildman–Crippen LogP) is 1.57. The highest BCUT2D eigenvalue weighted by atomic mass is 79.9. The second-order valence-corrected chi connectivity index (χ2v) is 3.56. The summed E-state index contributed by atoms with van der Waals surface area (Å²) >= 11 is 3.20. The molecule has 78 valence electrons. The van der Waals surface area contributed by atoms with Crippen LogP contribution in [0.3, 0.4) is 0 Å². The molecule has 0 heterocycles. The minimum atomic E-state index is -0.501. The van der Waals surface area contributed by atoms with E-state index in [1.807, 2.05) is 6.07 Å². The number of ether oxygens (including phenoxy) is 1. The molecule has 0 saturated heterocycles. The van der Waals surface area contributed by atoms with Crippen LogP contribution in [0.5, 0.6) is 0 Å². The summed E-state index contributed by atoms with van der Waals surface area (Å²) in [6, 6.07) is 5.23. The molecule has 2 N–H and O–H groups in total. The fourth-order valence-corrected chi connectivity index (χ4v) is 1.83. The van der Waals surface area contributed by atoms with Gasteiger partial charge in [0.05, 0.1) is 22.7 Å².